The number of nitrogens with zero attached hydrogens (tertiary/aromatic N) is 2. The first-order valence-electron chi connectivity index (χ1n) is 8.40. The van der Waals surface area contributed by atoms with E-state index in [4.69, 9.17) is 0 Å². The Balaban J connectivity index is 1.80. The van der Waals surface area contributed by atoms with Crippen LogP contribution >= 0.6 is 0 Å². The van der Waals surface area contributed by atoms with Crippen LogP contribution in [0.15, 0.2) is 30.3 Å². The molecule has 0 atom stereocenters. The van der Waals surface area contributed by atoms with Crippen molar-refractivity contribution in [2.45, 2.75) is 46.5 Å². The van der Waals surface area contributed by atoms with E-state index in [-0.39, 0.29) is 5.91 Å². The van der Waals surface area contributed by atoms with Crippen molar-refractivity contribution in [1.82, 2.24) is 9.97 Å². The number of hydrogen-bond acceptors (Lipinski definition) is 4. The van der Waals surface area contributed by atoms with E-state index in [1.54, 1.807) is 0 Å². The standard InChI is InChI=1S/C19H26N4O/c1-13(2)16-8-5-6-9-17(16)23-18(24)10-7-11-20-19-21-14(3)12-15(4)22-19/h5-6,8-9,12-13H,7,10-11H2,1-4H3,(H,23,24)(H,20,21,22). The van der Waals surface area contributed by atoms with Crippen molar-refractivity contribution in [2.75, 3.05) is 17.2 Å². The summed E-state index contributed by atoms with van der Waals surface area (Å²) >= 11 is 0. The van der Waals surface area contributed by atoms with Crippen molar-refractivity contribution in [3.8, 4) is 0 Å². The van der Waals surface area contributed by atoms with Crippen LogP contribution < -0.4 is 10.6 Å². The van der Waals surface area contributed by atoms with Crippen molar-refractivity contribution >= 4 is 17.5 Å². The van der Waals surface area contributed by atoms with Gasteiger partial charge in [-0.15, -0.1) is 0 Å². The minimum absolute atomic E-state index is 0.0336. The molecule has 2 rings (SSSR count). The van der Waals surface area contributed by atoms with Gasteiger partial charge in [-0.3, -0.25) is 4.79 Å². The van der Waals surface area contributed by atoms with Crippen LogP contribution in [0.25, 0.3) is 0 Å². The Bertz CT molecular complexity index is 677. The average molecular weight is 326 g/mol. The van der Waals surface area contributed by atoms with Gasteiger partial charge in [0.1, 0.15) is 0 Å². The average Bonchev–Trinajstić information content (AvgIpc) is 2.51. The van der Waals surface area contributed by atoms with E-state index in [1.807, 2.05) is 38.1 Å². The van der Waals surface area contributed by atoms with E-state index in [1.165, 1.54) is 0 Å². The van der Waals surface area contributed by atoms with Gasteiger partial charge in [-0.25, -0.2) is 9.97 Å². The fraction of sp³-hybridized carbons (Fsp3) is 0.421. The molecular formula is C19H26N4O. The van der Waals surface area contributed by atoms with Crippen LogP contribution in [0.1, 0.15) is 49.6 Å². The Morgan fingerprint density at radius 2 is 1.79 bits per heavy atom. The quantitative estimate of drug-likeness (QED) is 0.753. The third kappa shape index (κ3) is 5.33. The van der Waals surface area contributed by atoms with Crippen LogP contribution in [-0.4, -0.2) is 22.4 Å². The Kier molecular flexibility index (Phi) is 6.29. The van der Waals surface area contributed by atoms with E-state index in [2.05, 4.69) is 40.5 Å². The van der Waals surface area contributed by atoms with Crippen molar-refractivity contribution in [1.29, 1.82) is 0 Å². The molecule has 5 heteroatoms. The number of para-hydroxylation sites is 1. The van der Waals surface area contributed by atoms with E-state index in [9.17, 15) is 4.79 Å². The summed E-state index contributed by atoms with van der Waals surface area (Å²) < 4.78 is 0. The van der Waals surface area contributed by atoms with Crippen molar-refractivity contribution in [3.05, 3.63) is 47.3 Å². The topological polar surface area (TPSA) is 66.9 Å². The molecule has 0 saturated heterocycles. The molecule has 0 unspecified atom stereocenters. The molecule has 2 aromatic rings. The number of carbonyl (C=O) groups is 1. The zero-order chi connectivity index (χ0) is 17.5. The van der Waals surface area contributed by atoms with Gasteiger partial charge in [-0.2, -0.15) is 0 Å². The summed E-state index contributed by atoms with van der Waals surface area (Å²) in [6.45, 7) is 8.80. The number of hydrogen-bond donors (Lipinski definition) is 2. The van der Waals surface area contributed by atoms with Crippen LogP contribution in [0.2, 0.25) is 0 Å². The highest BCUT2D eigenvalue weighted by atomic mass is 16.1. The molecule has 0 fully saturated rings. The lowest BCUT2D eigenvalue weighted by molar-refractivity contribution is -0.116. The van der Waals surface area contributed by atoms with Gasteiger partial charge in [0.2, 0.25) is 11.9 Å². The lowest BCUT2D eigenvalue weighted by Gasteiger charge is -2.13. The summed E-state index contributed by atoms with van der Waals surface area (Å²) in [7, 11) is 0. The largest absolute Gasteiger partial charge is 0.354 e. The Hall–Kier alpha value is -2.43. The monoisotopic (exact) mass is 326 g/mol. The van der Waals surface area contributed by atoms with E-state index in [0.29, 0.717) is 24.8 Å². The summed E-state index contributed by atoms with van der Waals surface area (Å²) in [4.78, 5) is 20.8. The van der Waals surface area contributed by atoms with Crippen LogP contribution in [0.3, 0.4) is 0 Å². The highest BCUT2D eigenvalue weighted by Crippen LogP contribution is 2.23. The van der Waals surface area contributed by atoms with Gasteiger partial charge in [0.15, 0.2) is 0 Å². The molecule has 0 aliphatic rings. The highest BCUT2D eigenvalue weighted by Gasteiger charge is 2.09. The van der Waals surface area contributed by atoms with E-state index in [0.717, 1.165) is 29.1 Å². The third-order valence-corrected chi connectivity index (χ3v) is 3.70. The molecular weight excluding hydrogens is 300 g/mol. The lowest BCUT2D eigenvalue weighted by atomic mass is 10.0. The molecule has 0 bridgehead atoms. The molecule has 5 nitrogen and oxygen atoms in total. The van der Waals surface area contributed by atoms with Gasteiger partial charge < -0.3 is 10.6 Å². The molecule has 24 heavy (non-hydrogen) atoms. The fourth-order valence-electron chi connectivity index (χ4n) is 2.58. The molecule has 0 aliphatic carbocycles. The van der Waals surface area contributed by atoms with Crippen LogP contribution in [0.5, 0.6) is 0 Å². The molecule has 0 aliphatic heterocycles. The Morgan fingerprint density at radius 1 is 1.12 bits per heavy atom. The first-order chi connectivity index (χ1) is 11.5. The number of aryl methyl sites for hydroxylation is 2. The predicted molar refractivity (Wildman–Crippen MR) is 98.4 cm³/mol. The number of carbonyl (C=O) groups excluding carboxylic acids is 1. The van der Waals surface area contributed by atoms with Gasteiger partial charge in [0.25, 0.3) is 0 Å². The number of rotatable bonds is 7. The fourth-order valence-corrected chi connectivity index (χ4v) is 2.58. The number of nitrogens with one attached hydrogen (secondary N) is 2. The zero-order valence-corrected chi connectivity index (χ0v) is 14.9. The molecule has 0 saturated carbocycles. The summed E-state index contributed by atoms with van der Waals surface area (Å²) in [6.07, 6.45) is 1.19. The molecule has 0 radical (unpaired) electrons. The van der Waals surface area contributed by atoms with Crippen molar-refractivity contribution in [3.63, 3.8) is 0 Å². The second-order valence-electron chi connectivity index (χ2n) is 6.29. The lowest BCUT2D eigenvalue weighted by Crippen LogP contribution is -2.15. The summed E-state index contributed by atoms with van der Waals surface area (Å²) in [5.74, 6) is 1.04. The maximum atomic E-state index is 12.1. The first kappa shape index (κ1) is 17.9. The second-order valence-corrected chi connectivity index (χ2v) is 6.29. The molecule has 0 spiro atoms. The van der Waals surface area contributed by atoms with Crippen LogP contribution in [-0.2, 0) is 4.79 Å². The highest BCUT2D eigenvalue weighted by molar-refractivity contribution is 5.91. The number of amides is 1. The van der Waals surface area contributed by atoms with Gasteiger partial charge in [-0.1, -0.05) is 32.0 Å². The number of benzene rings is 1. The van der Waals surface area contributed by atoms with Crippen LogP contribution in [0, 0.1) is 13.8 Å². The molecule has 1 aromatic heterocycles. The number of aromatic nitrogens is 2. The Morgan fingerprint density at radius 3 is 2.46 bits per heavy atom. The normalized spacial score (nSPS) is 10.7. The summed E-state index contributed by atoms with van der Waals surface area (Å²) in [5, 5.41) is 6.18. The molecule has 1 heterocycles. The maximum absolute atomic E-state index is 12.1. The summed E-state index contributed by atoms with van der Waals surface area (Å²) in [6, 6.07) is 9.89. The minimum atomic E-state index is 0.0336. The minimum Gasteiger partial charge on any atom is -0.354 e. The van der Waals surface area contributed by atoms with Crippen molar-refractivity contribution in [2.24, 2.45) is 0 Å². The molecule has 2 N–H and O–H groups in total. The van der Waals surface area contributed by atoms with E-state index < -0.39 is 0 Å². The number of anilines is 2. The van der Waals surface area contributed by atoms with Crippen molar-refractivity contribution < 1.29 is 4.79 Å². The smallest absolute Gasteiger partial charge is 0.224 e. The van der Waals surface area contributed by atoms with E-state index >= 15 is 0 Å². The first-order valence-corrected chi connectivity index (χ1v) is 8.40. The predicted octanol–water partition coefficient (Wildman–Crippen LogP) is 4.05. The maximum Gasteiger partial charge on any atom is 0.224 e. The molecule has 1 amide bonds. The van der Waals surface area contributed by atoms with Crippen LogP contribution in [0.4, 0.5) is 11.6 Å². The SMILES string of the molecule is Cc1cc(C)nc(NCCCC(=O)Nc2ccccc2C(C)C)n1. The summed E-state index contributed by atoms with van der Waals surface area (Å²) in [5.41, 5.74) is 3.94. The molecule has 1 aromatic carbocycles. The van der Waals surface area contributed by atoms with Gasteiger partial charge in [0, 0.05) is 30.0 Å². The third-order valence-electron chi connectivity index (χ3n) is 3.70. The zero-order valence-electron chi connectivity index (χ0n) is 14.9. The van der Waals surface area contributed by atoms with Gasteiger partial charge >= 0.3 is 0 Å². The van der Waals surface area contributed by atoms with Gasteiger partial charge in [-0.05, 0) is 43.9 Å². The Labute approximate surface area is 143 Å². The second kappa shape index (κ2) is 8.43. The molecule has 128 valence electrons. The van der Waals surface area contributed by atoms with Gasteiger partial charge in [0.05, 0.1) is 0 Å².